The number of carbonyl (C=O) groups is 1. The zero-order chi connectivity index (χ0) is 22.7. The van der Waals surface area contributed by atoms with Crippen LogP contribution in [0.1, 0.15) is 11.1 Å². The van der Waals surface area contributed by atoms with Gasteiger partial charge in [-0.3, -0.25) is 9.69 Å². The van der Waals surface area contributed by atoms with Crippen LogP contribution in [0, 0.1) is 5.82 Å². The molecule has 0 atom stereocenters. The van der Waals surface area contributed by atoms with Gasteiger partial charge in [0, 0.05) is 19.8 Å². The third-order valence-electron chi connectivity index (χ3n) is 4.89. The number of amides is 1. The molecule has 0 aromatic heterocycles. The molecule has 162 valence electrons. The summed E-state index contributed by atoms with van der Waals surface area (Å²) in [5.41, 5.74) is 3.51. The zero-order valence-corrected chi connectivity index (χ0v) is 19.3. The maximum absolute atomic E-state index is 13.0. The molecule has 0 saturated carbocycles. The molecule has 4 rings (SSSR count). The molecule has 0 N–H and O–H groups in total. The van der Waals surface area contributed by atoms with E-state index in [9.17, 15) is 9.18 Å². The van der Waals surface area contributed by atoms with Crippen molar-refractivity contribution in [1.82, 2.24) is 0 Å². The largest absolute Gasteiger partial charge is 0.489 e. The smallest absolute Gasteiger partial charge is 0.270 e. The van der Waals surface area contributed by atoms with Gasteiger partial charge < -0.3 is 9.64 Å². The lowest BCUT2D eigenvalue weighted by atomic mass is 10.2. The maximum Gasteiger partial charge on any atom is 0.270 e. The summed E-state index contributed by atoms with van der Waals surface area (Å²) >= 11 is 6.75. The number of nitrogens with zero attached hydrogens (tertiary/aromatic N) is 2. The quantitative estimate of drug-likeness (QED) is 0.336. The van der Waals surface area contributed by atoms with Crippen molar-refractivity contribution in [3.05, 3.63) is 94.6 Å². The van der Waals surface area contributed by atoms with Gasteiger partial charge >= 0.3 is 0 Å². The molecule has 1 amide bonds. The Morgan fingerprint density at radius 2 is 1.78 bits per heavy atom. The predicted octanol–water partition coefficient (Wildman–Crippen LogP) is 5.88. The predicted molar refractivity (Wildman–Crippen MR) is 134 cm³/mol. The Bertz CT molecular complexity index is 1180. The lowest BCUT2D eigenvalue weighted by molar-refractivity contribution is -0.113. The van der Waals surface area contributed by atoms with E-state index in [0.29, 0.717) is 21.6 Å². The van der Waals surface area contributed by atoms with Crippen LogP contribution in [-0.2, 0) is 11.4 Å². The Labute approximate surface area is 196 Å². The van der Waals surface area contributed by atoms with Crippen LogP contribution in [0.2, 0.25) is 0 Å². The summed E-state index contributed by atoms with van der Waals surface area (Å²) in [4.78, 5) is 17.2. The molecule has 4 nitrogen and oxygen atoms in total. The Kier molecular flexibility index (Phi) is 6.58. The van der Waals surface area contributed by atoms with Crippen LogP contribution < -0.4 is 14.5 Å². The number of rotatable bonds is 6. The van der Waals surface area contributed by atoms with Crippen LogP contribution in [-0.4, -0.2) is 24.3 Å². The highest BCUT2D eigenvalue weighted by atomic mass is 32.2. The Hall–Kier alpha value is -3.16. The Morgan fingerprint density at radius 3 is 2.47 bits per heavy atom. The summed E-state index contributed by atoms with van der Waals surface area (Å²) in [6, 6.07) is 21.4. The van der Waals surface area contributed by atoms with Crippen molar-refractivity contribution >= 4 is 51.7 Å². The fourth-order valence-electron chi connectivity index (χ4n) is 3.18. The molecule has 1 saturated heterocycles. The SMILES string of the molecule is CN(C)c1ccc(N2C(=O)C(=Cc3cccc(OCc4ccc(F)cc4)c3)SC2=S)cc1. The first kappa shape index (κ1) is 22.0. The minimum absolute atomic E-state index is 0.143. The van der Waals surface area contributed by atoms with Crippen molar-refractivity contribution in [2.75, 3.05) is 23.9 Å². The maximum atomic E-state index is 13.0. The van der Waals surface area contributed by atoms with Crippen molar-refractivity contribution in [3.8, 4) is 5.75 Å². The second kappa shape index (κ2) is 9.54. The number of hydrogen-bond donors (Lipinski definition) is 0. The number of halogens is 1. The average Bonchev–Trinajstić information content (AvgIpc) is 3.06. The van der Waals surface area contributed by atoms with Crippen molar-refractivity contribution < 1.29 is 13.9 Å². The zero-order valence-electron chi connectivity index (χ0n) is 17.6. The van der Waals surface area contributed by atoms with Gasteiger partial charge in [-0.1, -0.05) is 48.2 Å². The highest BCUT2D eigenvalue weighted by Gasteiger charge is 2.33. The van der Waals surface area contributed by atoms with Crippen molar-refractivity contribution in [2.45, 2.75) is 6.61 Å². The van der Waals surface area contributed by atoms with Crippen LogP contribution in [0.3, 0.4) is 0 Å². The molecule has 0 aliphatic carbocycles. The molecule has 1 fully saturated rings. The molecular formula is C25H21FN2O2S2. The van der Waals surface area contributed by atoms with Gasteiger partial charge in [-0.2, -0.15) is 0 Å². The second-order valence-corrected chi connectivity index (χ2v) is 9.09. The fraction of sp³-hybridized carbons (Fsp3) is 0.120. The molecule has 0 bridgehead atoms. The molecule has 1 aliphatic rings. The first-order chi connectivity index (χ1) is 15.4. The van der Waals surface area contributed by atoms with E-state index in [0.717, 1.165) is 22.5 Å². The number of ether oxygens (including phenoxy) is 1. The van der Waals surface area contributed by atoms with Crippen LogP contribution in [0.5, 0.6) is 5.75 Å². The molecule has 7 heteroatoms. The standard InChI is InChI=1S/C25H21FN2O2S2/c1-27(2)20-10-12-21(13-11-20)28-24(29)23(32-25(28)31)15-18-4-3-5-22(14-18)30-16-17-6-8-19(26)9-7-17/h3-15H,16H2,1-2H3. The van der Waals surface area contributed by atoms with E-state index in [2.05, 4.69) is 0 Å². The summed E-state index contributed by atoms with van der Waals surface area (Å²) in [6.07, 6.45) is 1.82. The van der Waals surface area contributed by atoms with Gasteiger partial charge in [0.25, 0.3) is 5.91 Å². The van der Waals surface area contributed by atoms with Crippen LogP contribution >= 0.6 is 24.0 Å². The Balaban J connectivity index is 1.48. The van der Waals surface area contributed by atoms with E-state index >= 15 is 0 Å². The number of anilines is 2. The summed E-state index contributed by atoms with van der Waals surface area (Å²) < 4.78 is 19.4. The number of thiocarbonyl (C=S) groups is 1. The van der Waals surface area contributed by atoms with Crippen molar-refractivity contribution in [1.29, 1.82) is 0 Å². The second-order valence-electron chi connectivity index (χ2n) is 7.42. The molecule has 32 heavy (non-hydrogen) atoms. The average molecular weight is 465 g/mol. The molecule has 1 heterocycles. The molecular weight excluding hydrogens is 443 g/mol. The highest BCUT2D eigenvalue weighted by Crippen LogP contribution is 2.36. The van der Waals surface area contributed by atoms with Crippen LogP contribution in [0.25, 0.3) is 6.08 Å². The molecule has 0 radical (unpaired) electrons. The van der Waals surface area contributed by atoms with E-state index in [1.54, 1.807) is 17.0 Å². The lowest BCUT2D eigenvalue weighted by Gasteiger charge is -2.17. The van der Waals surface area contributed by atoms with Gasteiger partial charge in [0.05, 0.1) is 10.6 Å². The van der Waals surface area contributed by atoms with Gasteiger partial charge in [0.15, 0.2) is 4.32 Å². The fourth-order valence-corrected chi connectivity index (χ4v) is 4.48. The topological polar surface area (TPSA) is 32.8 Å². The molecule has 3 aromatic rings. The minimum atomic E-state index is -0.276. The normalized spacial score (nSPS) is 14.8. The van der Waals surface area contributed by atoms with E-state index in [4.69, 9.17) is 17.0 Å². The first-order valence-corrected chi connectivity index (χ1v) is 11.2. The summed E-state index contributed by atoms with van der Waals surface area (Å²) in [6.45, 7) is 0.328. The first-order valence-electron chi connectivity index (χ1n) is 9.93. The highest BCUT2D eigenvalue weighted by molar-refractivity contribution is 8.27. The van der Waals surface area contributed by atoms with Gasteiger partial charge in [-0.15, -0.1) is 0 Å². The lowest BCUT2D eigenvalue weighted by Crippen LogP contribution is -2.27. The monoisotopic (exact) mass is 464 g/mol. The van der Waals surface area contributed by atoms with Crippen molar-refractivity contribution in [3.63, 3.8) is 0 Å². The molecule has 3 aromatic carbocycles. The minimum Gasteiger partial charge on any atom is -0.489 e. The van der Waals surface area contributed by atoms with E-state index < -0.39 is 0 Å². The molecule has 0 spiro atoms. The van der Waals surface area contributed by atoms with Gasteiger partial charge in [-0.05, 0) is 65.7 Å². The number of thioether (sulfide) groups is 1. The summed E-state index contributed by atoms with van der Waals surface area (Å²) in [7, 11) is 3.93. The summed E-state index contributed by atoms with van der Waals surface area (Å²) in [5.74, 6) is 0.245. The van der Waals surface area contributed by atoms with Gasteiger partial charge in [0.1, 0.15) is 18.2 Å². The number of benzene rings is 3. The van der Waals surface area contributed by atoms with E-state index in [-0.39, 0.29) is 11.7 Å². The van der Waals surface area contributed by atoms with Crippen LogP contribution in [0.4, 0.5) is 15.8 Å². The third kappa shape index (κ3) is 5.00. The third-order valence-corrected chi connectivity index (χ3v) is 6.19. The number of carbonyl (C=O) groups excluding carboxylic acids is 1. The molecule has 1 aliphatic heterocycles. The Morgan fingerprint density at radius 1 is 1.06 bits per heavy atom. The van der Waals surface area contributed by atoms with Gasteiger partial charge in [-0.25, -0.2) is 4.39 Å². The van der Waals surface area contributed by atoms with E-state index in [1.165, 1.54) is 23.9 Å². The van der Waals surface area contributed by atoms with E-state index in [1.807, 2.05) is 73.6 Å². The summed E-state index contributed by atoms with van der Waals surface area (Å²) in [5, 5.41) is 0. The van der Waals surface area contributed by atoms with Crippen LogP contribution in [0.15, 0.2) is 77.7 Å². The van der Waals surface area contributed by atoms with Crippen molar-refractivity contribution in [2.24, 2.45) is 0 Å². The number of hydrogen-bond acceptors (Lipinski definition) is 5. The van der Waals surface area contributed by atoms with Gasteiger partial charge in [0.2, 0.25) is 0 Å². The molecule has 0 unspecified atom stereocenters.